The molecule has 23 heavy (non-hydrogen) atoms. The fourth-order valence-corrected chi connectivity index (χ4v) is 3.58. The Morgan fingerprint density at radius 1 is 1.48 bits per heavy atom. The maximum atomic E-state index is 13.0. The van der Waals surface area contributed by atoms with E-state index in [0.717, 1.165) is 22.5 Å². The molecule has 3 heterocycles. The van der Waals surface area contributed by atoms with Crippen molar-refractivity contribution in [3.05, 3.63) is 40.0 Å². The number of para-hydroxylation sites is 1. The topological polar surface area (TPSA) is 82.2 Å². The Morgan fingerprint density at radius 2 is 2.35 bits per heavy atom. The van der Waals surface area contributed by atoms with E-state index in [0.29, 0.717) is 43.4 Å². The van der Waals surface area contributed by atoms with E-state index in [1.807, 2.05) is 18.2 Å². The molecular formula is C16H17ClN4O2. The number of nitrogens with one attached hydrogen (secondary N) is 1. The van der Waals surface area contributed by atoms with E-state index in [1.54, 1.807) is 0 Å². The SMILES string of the molecule is Nc1c2c(nn1C(=O)[C@H]1CCNc3c(Cl)cccc31)COCC2. The van der Waals surface area contributed by atoms with Crippen LogP contribution in [-0.2, 0) is 17.8 Å². The largest absolute Gasteiger partial charge is 0.384 e. The smallest absolute Gasteiger partial charge is 0.256 e. The summed E-state index contributed by atoms with van der Waals surface area (Å²) in [6, 6.07) is 5.61. The number of aromatic nitrogens is 2. The zero-order chi connectivity index (χ0) is 16.0. The highest BCUT2D eigenvalue weighted by Crippen LogP contribution is 2.38. The number of nitrogens with zero attached hydrogens (tertiary/aromatic N) is 2. The van der Waals surface area contributed by atoms with Crippen LogP contribution in [0.25, 0.3) is 0 Å². The summed E-state index contributed by atoms with van der Waals surface area (Å²) in [5.41, 5.74) is 9.60. The molecule has 6 nitrogen and oxygen atoms in total. The van der Waals surface area contributed by atoms with Crippen LogP contribution >= 0.6 is 11.6 Å². The van der Waals surface area contributed by atoms with Gasteiger partial charge in [0, 0.05) is 18.5 Å². The molecule has 0 spiro atoms. The van der Waals surface area contributed by atoms with Crippen molar-refractivity contribution in [3.63, 3.8) is 0 Å². The molecule has 0 fully saturated rings. The highest BCUT2D eigenvalue weighted by atomic mass is 35.5. The van der Waals surface area contributed by atoms with Gasteiger partial charge in [-0.25, -0.2) is 0 Å². The van der Waals surface area contributed by atoms with Gasteiger partial charge >= 0.3 is 0 Å². The van der Waals surface area contributed by atoms with Crippen LogP contribution in [0.3, 0.4) is 0 Å². The zero-order valence-electron chi connectivity index (χ0n) is 12.5. The van der Waals surface area contributed by atoms with Gasteiger partial charge in [-0.2, -0.15) is 9.78 Å². The molecule has 3 N–H and O–H groups in total. The minimum absolute atomic E-state index is 0.109. The molecule has 2 aliphatic rings. The number of fused-ring (bicyclic) bond motifs is 2. The molecule has 2 aromatic rings. The summed E-state index contributed by atoms with van der Waals surface area (Å²) in [6.45, 7) is 1.72. The summed E-state index contributed by atoms with van der Waals surface area (Å²) in [5, 5.41) is 8.28. The number of nitrogen functional groups attached to an aromatic ring is 1. The first kappa shape index (κ1) is 14.5. The monoisotopic (exact) mass is 332 g/mol. The fraction of sp³-hybridized carbons (Fsp3) is 0.375. The molecule has 7 heteroatoms. The lowest BCUT2D eigenvalue weighted by Crippen LogP contribution is -2.28. The van der Waals surface area contributed by atoms with Crippen LogP contribution in [0.2, 0.25) is 5.02 Å². The molecule has 2 aliphatic heterocycles. The Hall–Kier alpha value is -2.05. The highest BCUT2D eigenvalue weighted by molar-refractivity contribution is 6.33. The third kappa shape index (κ3) is 2.29. The molecule has 0 amide bonds. The van der Waals surface area contributed by atoms with Crippen LogP contribution in [0.1, 0.15) is 34.0 Å². The second kappa shape index (κ2) is 5.54. The van der Waals surface area contributed by atoms with E-state index in [9.17, 15) is 4.79 Å². The van der Waals surface area contributed by atoms with Crippen LogP contribution in [0, 0.1) is 0 Å². The van der Waals surface area contributed by atoms with Gasteiger partial charge in [-0.3, -0.25) is 4.79 Å². The molecule has 0 aliphatic carbocycles. The number of carbonyl (C=O) groups excluding carboxylic acids is 1. The average molecular weight is 333 g/mol. The first-order chi connectivity index (χ1) is 11.2. The molecule has 4 rings (SSSR count). The molecule has 0 saturated carbocycles. The van der Waals surface area contributed by atoms with Gasteiger partial charge in [-0.1, -0.05) is 23.7 Å². The number of carbonyl (C=O) groups is 1. The van der Waals surface area contributed by atoms with Crippen LogP contribution < -0.4 is 11.1 Å². The Morgan fingerprint density at radius 3 is 3.17 bits per heavy atom. The van der Waals surface area contributed by atoms with Gasteiger partial charge in [-0.05, 0) is 18.1 Å². The Balaban J connectivity index is 1.74. The van der Waals surface area contributed by atoms with Crippen molar-refractivity contribution in [1.29, 1.82) is 0 Å². The summed E-state index contributed by atoms with van der Waals surface area (Å²) >= 11 is 6.23. The minimum Gasteiger partial charge on any atom is -0.384 e. The third-order valence-corrected chi connectivity index (χ3v) is 4.82. The van der Waals surface area contributed by atoms with E-state index in [1.165, 1.54) is 4.68 Å². The number of hydrogen-bond donors (Lipinski definition) is 2. The van der Waals surface area contributed by atoms with Crippen molar-refractivity contribution in [2.24, 2.45) is 0 Å². The Kier molecular flexibility index (Phi) is 3.50. The molecule has 0 unspecified atom stereocenters. The second-order valence-corrected chi connectivity index (χ2v) is 6.24. The number of hydrogen-bond acceptors (Lipinski definition) is 5. The summed E-state index contributed by atoms with van der Waals surface area (Å²) < 4.78 is 6.74. The molecular weight excluding hydrogens is 316 g/mol. The van der Waals surface area contributed by atoms with Crippen LogP contribution in [-0.4, -0.2) is 28.8 Å². The summed E-state index contributed by atoms with van der Waals surface area (Å²) in [6.07, 6.45) is 1.38. The van der Waals surface area contributed by atoms with Crippen LogP contribution in [0.15, 0.2) is 18.2 Å². The van der Waals surface area contributed by atoms with Crippen molar-refractivity contribution in [2.45, 2.75) is 25.4 Å². The zero-order valence-corrected chi connectivity index (χ0v) is 13.3. The molecule has 1 aromatic heterocycles. The summed E-state index contributed by atoms with van der Waals surface area (Å²) in [7, 11) is 0. The Labute approximate surface area is 138 Å². The first-order valence-electron chi connectivity index (χ1n) is 7.67. The lowest BCUT2D eigenvalue weighted by atomic mass is 9.90. The number of nitrogens with two attached hydrogens (primary N) is 1. The normalized spacial score (nSPS) is 19.6. The highest BCUT2D eigenvalue weighted by Gasteiger charge is 2.32. The maximum absolute atomic E-state index is 13.0. The number of benzene rings is 1. The molecule has 0 saturated heterocycles. The van der Waals surface area contributed by atoms with Gasteiger partial charge in [0.25, 0.3) is 5.91 Å². The fourth-order valence-electron chi connectivity index (χ4n) is 3.33. The van der Waals surface area contributed by atoms with E-state index >= 15 is 0 Å². The van der Waals surface area contributed by atoms with Crippen molar-refractivity contribution in [1.82, 2.24) is 9.78 Å². The summed E-state index contributed by atoms with van der Waals surface area (Å²) in [5.74, 6) is 0.0341. The van der Waals surface area contributed by atoms with Crippen molar-refractivity contribution in [2.75, 3.05) is 24.2 Å². The average Bonchev–Trinajstić information content (AvgIpc) is 2.92. The van der Waals surface area contributed by atoms with Gasteiger partial charge < -0.3 is 15.8 Å². The standard InChI is InChI=1S/C16H17ClN4O2/c17-12-3-1-2-9-10(4-6-19-14(9)12)16(22)21-15(18)11-5-7-23-8-13(11)20-21/h1-3,10,19H,4-8,18H2/t10-/m0/s1. The van der Waals surface area contributed by atoms with Gasteiger partial charge in [0.05, 0.1) is 35.5 Å². The molecule has 120 valence electrons. The number of anilines is 2. The lowest BCUT2D eigenvalue weighted by molar-refractivity contribution is 0.0854. The predicted octanol–water partition coefficient (Wildman–Crippen LogP) is 2.43. The van der Waals surface area contributed by atoms with Crippen molar-refractivity contribution < 1.29 is 9.53 Å². The predicted molar refractivity (Wildman–Crippen MR) is 87.9 cm³/mol. The first-order valence-corrected chi connectivity index (χ1v) is 8.05. The van der Waals surface area contributed by atoms with E-state index in [-0.39, 0.29) is 11.8 Å². The maximum Gasteiger partial charge on any atom is 0.256 e. The Bertz CT molecular complexity index is 787. The van der Waals surface area contributed by atoms with E-state index in [2.05, 4.69) is 10.4 Å². The quantitative estimate of drug-likeness (QED) is 0.838. The van der Waals surface area contributed by atoms with E-state index < -0.39 is 0 Å². The number of halogens is 1. The summed E-state index contributed by atoms with van der Waals surface area (Å²) in [4.78, 5) is 13.0. The molecule has 1 aromatic carbocycles. The minimum atomic E-state index is -0.297. The van der Waals surface area contributed by atoms with Crippen LogP contribution in [0.4, 0.5) is 11.5 Å². The van der Waals surface area contributed by atoms with Gasteiger partial charge in [0.2, 0.25) is 0 Å². The molecule has 0 bridgehead atoms. The second-order valence-electron chi connectivity index (χ2n) is 5.84. The van der Waals surface area contributed by atoms with Gasteiger partial charge in [-0.15, -0.1) is 0 Å². The third-order valence-electron chi connectivity index (χ3n) is 4.50. The van der Waals surface area contributed by atoms with Gasteiger partial charge in [0.1, 0.15) is 5.82 Å². The molecule has 0 radical (unpaired) electrons. The van der Waals surface area contributed by atoms with Crippen molar-refractivity contribution >= 4 is 29.0 Å². The van der Waals surface area contributed by atoms with Gasteiger partial charge in [0.15, 0.2) is 0 Å². The number of ether oxygens (including phenoxy) is 1. The van der Waals surface area contributed by atoms with Crippen molar-refractivity contribution in [3.8, 4) is 0 Å². The van der Waals surface area contributed by atoms with E-state index in [4.69, 9.17) is 22.1 Å². The van der Waals surface area contributed by atoms with Crippen LogP contribution in [0.5, 0.6) is 0 Å². The lowest BCUT2D eigenvalue weighted by Gasteiger charge is -2.26. The molecule has 1 atom stereocenters. The number of rotatable bonds is 1.